The molecule has 1 aliphatic rings. The number of methoxy groups -OCH3 is 1. The Morgan fingerprint density at radius 2 is 2.10 bits per heavy atom. The molecule has 1 atom stereocenters. The van der Waals surface area contributed by atoms with Gasteiger partial charge in [-0.1, -0.05) is 11.6 Å². The van der Waals surface area contributed by atoms with Gasteiger partial charge in [-0.25, -0.2) is 0 Å². The maximum absolute atomic E-state index is 9.72. The lowest BCUT2D eigenvalue weighted by Crippen LogP contribution is -2.24. The van der Waals surface area contributed by atoms with E-state index in [1.54, 1.807) is 7.11 Å². The molecule has 4 nitrogen and oxygen atoms in total. The number of aliphatic hydroxyl groups excluding tert-OH is 1. The molecule has 1 heterocycles. The summed E-state index contributed by atoms with van der Waals surface area (Å²) in [6, 6.07) is 3.78. The van der Waals surface area contributed by atoms with Crippen molar-refractivity contribution in [3.8, 4) is 11.5 Å². The van der Waals surface area contributed by atoms with Crippen molar-refractivity contribution in [3.63, 3.8) is 0 Å². The molecule has 0 aliphatic carbocycles. The van der Waals surface area contributed by atoms with Crippen LogP contribution < -0.4 is 9.47 Å². The van der Waals surface area contributed by atoms with Crippen molar-refractivity contribution in [2.45, 2.75) is 38.8 Å². The molecule has 0 spiro atoms. The monoisotopic (exact) mass is 313 g/mol. The molecule has 2 rings (SSSR count). The molecule has 1 unspecified atom stereocenters. The highest BCUT2D eigenvalue weighted by Gasteiger charge is 2.17. The van der Waals surface area contributed by atoms with E-state index in [1.165, 1.54) is 0 Å². The molecule has 0 radical (unpaired) electrons. The second-order valence-corrected chi connectivity index (χ2v) is 5.80. The van der Waals surface area contributed by atoms with Gasteiger partial charge in [0, 0.05) is 24.2 Å². The number of benzene rings is 1. The first-order valence-electron chi connectivity index (χ1n) is 7.53. The molecule has 5 heteroatoms. The van der Waals surface area contributed by atoms with Gasteiger partial charge in [0.15, 0.2) is 11.5 Å². The van der Waals surface area contributed by atoms with Gasteiger partial charge in [-0.2, -0.15) is 0 Å². The molecular weight excluding hydrogens is 290 g/mol. The Morgan fingerprint density at radius 3 is 2.81 bits per heavy atom. The third-order valence-electron chi connectivity index (χ3n) is 3.82. The lowest BCUT2D eigenvalue weighted by molar-refractivity contribution is 0.154. The molecule has 1 aromatic rings. The molecule has 1 N–H and O–H groups in total. The van der Waals surface area contributed by atoms with Crippen molar-refractivity contribution in [2.24, 2.45) is 0 Å². The van der Waals surface area contributed by atoms with Gasteiger partial charge in [0.05, 0.1) is 19.8 Å². The summed E-state index contributed by atoms with van der Waals surface area (Å²) < 4.78 is 10.9. The summed E-state index contributed by atoms with van der Waals surface area (Å²) in [6.45, 7) is 5.20. The zero-order chi connectivity index (χ0) is 15.2. The molecule has 1 aromatic carbocycles. The molecular formula is C16H24ClNO3. The fourth-order valence-electron chi connectivity index (χ4n) is 2.66. The number of hydrogen-bond donors (Lipinski definition) is 1. The number of halogens is 1. The van der Waals surface area contributed by atoms with Gasteiger partial charge in [-0.05, 0) is 44.4 Å². The predicted octanol–water partition coefficient (Wildman–Crippen LogP) is 3.09. The fourth-order valence-corrected chi connectivity index (χ4v) is 2.88. The quantitative estimate of drug-likeness (QED) is 0.907. The highest BCUT2D eigenvalue weighted by atomic mass is 35.5. The smallest absolute Gasteiger partial charge is 0.162 e. The number of likely N-dealkylation sites (tertiary alicyclic amines) is 1. The van der Waals surface area contributed by atoms with Crippen molar-refractivity contribution in [1.82, 2.24) is 4.90 Å². The summed E-state index contributed by atoms with van der Waals surface area (Å²) in [6.07, 6.45) is 2.57. The Labute approximate surface area is 131 Å². The van der Waals surface area contributed by atoms with Crippen LogP contribution in [0.2, 0.25) is 5.02 Å². The molecule has 1 saturated heterocycles. The highest BCUT2D eigenvalue weighted by Crippen LogP contribution is 2.34. The van der Waals surface area contributed by atoms with E-state index >= 15 is 0 Å². The van der Waals surface area contributed by atoms with Gasteiger partial charge in [-0.3, -0.25) is 4.90 Å². The maximum Gasteiger partial charge on any atom is 0.162 e. The summed E-state index contributed by atoms with van der Waals surface area (Å²) in [5, 5.41) is 10.4. The molecule has 21 heavy (non-hydrogen) atoms. The van der Waals surface area contributed by atoms with E-state index in [1.807, 2.05) is 19.1 Å². The Balaban J connectivity index is 2.13. The minimum Gasteiger partial charge on any atom is -0.493 e. The van der Waals surface area contributed by atoms with Gasteiger partial charge in [0.2, 0.25) is 0 Å². The summed E-state index contributed by atoms with van der Waals surface area (Å²) in [5.74, 6) is 1.39. The van der Waals surface area contributed by atoms with E-state index in [0.717, 1.165) is 50.2 Å². The van der Waals surface area contributed by atoms with E-state index in [0.29, 0.717) is 17.4 Å². The van der Waals surface area contributed by atoms with Gasteiger partial charge >= 0.3 is 0 Å². The van der Waals surface area contributed by atoms with Gasteiger partial charge in [0.1, 0.15) is 0 Å². The minimum absolute atomic E-state index is 0.166. The van der Waals surface area contributed by atoms with Crippen LogP contribution in [0.3, 0.4) is 0 Å². The number of ether oxygens (including phenoxy) is 2. The third-order valence-corrected chi connectivity index (χ3v) is 4.17. The summed E-state index contributed by atoms with van der Waals surface area (Å²) >= 11 is 6.36. The van der Waals surface area contributed by atoms with Crippen LogP contribution in [0.15, 0.2) is 12.1 Å². The Bertz CT molecular complexity index is 467. The molecule has 118 valence electrons. The molecule has 1 aliphatic heterocycles. The van der Waals surface area contributed by atoms with Crippen LogP contribution in [-0.2, 0) is 6.54 Å². The van der Waals surface area contributed by atoms with E-state index in [2.05, 4.69) is 4.90 Å². The first-order valence-corrected chi connectivity index (χ1v) is 7.91. The van der Waals surface area contributed by atoms with E-state index in [4.69, 9.17) is 21.1 Å². The topological polar surface area (TPSA) is 41.9 Å². The van der Waals surface area contributed by atoms with Gasteiger partial charge < -0.3 is 14.6 Å². The summed E-state index contributed by atoms with van der Waals surface area (Å²) in [4.78, 5) is 2.33. The standard InChI is InChI=1S/C16H24ClNO3/c1-3-21-16-9-12(14(17)10-15(16)20-2)11-18-7-4-5-13(19)6-8-18/h9-10,13,19H,3-8,11H2,1-2H3. The normalized spacial score (nSPS) is 20.1. The second kappa shape index (κ2) is 7.87. The average molecular weight is 314 g/mol. The lowest BCUT2D eigenvalue weighted by atomic mass is 10.1. The van der Waals surface area contributed by atoms with Crippen molar-refractivity contribution >= 4 is 11.6 Å². The average Bonchev–Trinajstić information content (AvgIpc) is 2.67. The Hall–Kier alpha value is -0.970. The van der Waals surface area contributed by atoms with E-state index in [9.17, 15) is 5.11 Å². The van der Waals surface area contributed by atoms with Crippen LogP contribution in [0, 0.1) is 0 Å². The zero-order valence-corrected chi connectivity index (χ0v) is 13.5. The van der Waals surface area contributed by atoms with E-state index in [-0.39, 0.29) is 6.10 Å². The Morgan fingerprint density at radius 1 is 1.29 bits per heavy atom. The second-order valence-electron chi connectivity index (χ2n) is 5.39. The third kappa shape index (κ3) is 4.50. The summed E-state index contributed by atoms with van der Waals surface area (Å²) in [7, 11) is 1.62. The lowest BCUT2D eigenvalue weighted by Gasteiger charge is -2.21. The number of nitrogens with zero attached hydrogens (tertiary/aromatic N) is 1. The molecule has 0 bridgehead atoms. The van der Waals surface area contributed by atoms with E-state index < -0.39 is 0 Å². The molecule has 1 fully saturated rings. The molecule has 0 saturated carbocycles. The van der Waals surface area contributed by atoms with Crippen LogP contribution in [0.4, 0.5) is 0 Å². The van der Waals surface area contributed by atoms with Crippen molar-refractivity contribution < 1.29 is 14.6 Å². The minimum atomic E-state index is -0.166. The van der Waals surface area contributed by atoms with Crippen LogP contribution in [0.25, 0.3) is 0 Å². The maximum atomic E-state index is 9.72. The summed E-state index contributed by atoms with van der Waals surface area (Å²) in [5.41, 5.74) is 1.04. The zero-order valence-electron chi connectivity index (χ0n) is 12.8. The number of hydrogen-bond acceptors (Lipinski definition) is 4. The Kier molecular flexibility index (Phi) is 6.15. The van der Waals surface area contributed by atoms with Crippen molar-refractivity contribution in [1.29, 1.82) is 0 Å². The largest absolute Gasteiger partial charge is 0.493 e. The number of rotatable bonds is 5. The van der Waals surface area contributed by atoms with Crippen LogP contribution in [0.1, 0.15) is 31.7 Å². The first kappa shape index (κ1) is 16.4. The first-order chi connectivity index (χ1) is 10.1. The molecule has 0 aromatic heterocycles. The van der Waals surface area contributed by atoms with Crippen molar-refractivity contribution in [2.75, 3.05) is 26.8 Å². The van der Waals surface area contributed by atoms with Gasteiger partial charge in [-0.15, -0.1) is 0 Å². The predicted molar refractivity (Wildman–Crippen MR) is 84.3 cm³/mol. The fraction of sp³-hybridized carbons (Fsp3) is 0.625. The molecule has 0 amide bonds. The van der Waals surface area contributed by atoms with Crippen LogP contribution in [0.5, 0.6) is 11.5 Å². The van der Waals surface area contributed by atoms with Gasteiger partial charge in [0.25, 0.3) is 0 Å². The van der Waals surface area contributed by atoms with Crippen LogP contribution in [-0.4, -0.2) is 42.9 Å². The number of aliphatic hydroxyl groups is 1. The van der Waals surface area contributed by atoms with Crippen molar-refractivity contribution in [3.05, 3.63) is 22.7 Å². The highest BCUT2D eigenvalue weighted by molar-refractivity contribution is 6.31. The SMILES string of the molecule is CCOc1cc(CN2CCCC(O)CC2)c(Cl)cc1OC. The van der Waals surface area contributed by atoms with Crippen LogP contribution >= 0.6 is 11.6 Å².